The first kappa shape index (κ1) is 9.05. The van der Waals surface area contributed by atoms with Gasteiger partial charge in [0.2, 0.25) is 0 Å². The van der Waals surface area contributed by atoms with Crippen LogP contribution in [-0.2, 0) is 0 Å². The number of azide groups is 1. The van der Waals surface area contributed by atoms with E-state index >= 15 is 0 Å². The van der Waals surface area contributed by atoms with Crippen LogP contribution in [0.3, 0.4) is 0 Å². The van der Waals surface area contributed by atoms with Gasteiger partial charge in [-0.2, -0.15) is 5.10 Å². The first-order chi connectivity index (χ1) is 5.79. The topological polar surface area (TPSA) is 97.7 Å². The lowest BCUT2D eigenvalue weighted by atomic mass is 10.2. The zero-order chi connectivity index (χ0) is 8.97. The summed E-state index contributed by atoms with van der Waals surface area (Å²) in [6, 6.07) is -0.605. The van der Waals surface area contributed by atoms with Crippen molar-refractivity contribution in [3.05, 3.63) is 26.8 Å². The molecule has 1 unspecified atom stereocenters. The number of hydrogen-bond acceptors (Lipinski definition) is 3. The Morgan fingerprint density at radius 3 is 3.08 bits per heavy atom. The number of aromatic amines is 1. The minimum atomic E-state index is -0.605. The standard InChI is InChI=1S/C5H6BrN5O/c6-3-1-8-10-5(3)4(2-12)9-11-7/h1,4,12H,2H2,(H,8,10). The van der Waals surface area contributed by atoms with Crippen molar-refractivity contribution < 1.29 is 5.11 Å². The molecular weight excluding hydrogens is 226 g/mol. The Morgan fingerprint density at radius 1 is 1.92 bits per heavy atom. The second kappa shape index (κ2) is 4.10. The van der Waals surface area contributed by atoms with E-state index in [2.05, 4.69) is 36.2 Å². The number of rotatable bonds is 3. The molecule has 64 valence electrons. The first-order valence-corrected chi connectivity index (χ1v) is 3.92. The SMILES string of the molecule is [N-]=[N+]=NC(CO)c1[nH]ncc1Br. The predicted octanol–water partition coefficient (Wildman–Crippen LogP) is 1.52. The summed E-state index contributed by atoms with van der Waals surface area (Å²) in [5, 5.41) is 18.5. The highest BCUT2D eigenvalue weighted by atomic mass is 79.9. The van der Waals surface area contributed by atoms with E-state index in [1.807, 2.05) is 0 Å². The first-order valence-electron chi connectivity index (χ1n) is 3.13. The van der Waals surface area contributed by atoms with E-state index in [4.69, 9.17) is 10.6 Å². The zero-order valence-corrected chi connectivity index (χ0v) is 7.56. The van der Waals surface area contributed by atoms with Gasteiger partial charge in [0.15, 0.2) is 0 Å². The molecule has 0 aliphatic heterocycles. The van der Waals surface area contributed by atoms with Gasteiger partial charge in [0, 0.05) is 4.91 Å². The molecule has 0 aliphatic carbocycles. The normalized spacial score (nSPS) is 12.2. The smallest absolute Gasteiger partial charge is 0.103 e. The second-order valence-corrected chi connectivity index (χ2v) is 2.89. The maximum atomic E-state index is 8.82. The number of aliphatic hydroxyl groups excluding tert-OH is 1. The summed E-state index contributed by atoms with van der Waals surface area (Å²) in [6.07, 6.45) is 1.53. The predicted molar refractivity (Wildman–Crippen MR) is 45.3 cm³/mol. The molecule has 1 aromatic rings. The maximum absolute atomic E-state index is 8.82. The molecule has 6 nitrogen and oxygen atoms in total. The van der Waals surface area contributed by atoms with Gasteiger partial charge in [-0.1, -0.05) is 5.11 Å². The van der Waals surface area contributed by atoms with Crippen molar-refractivity contribution in [3.63, 3.8) is 0 Å². The Kier molecular flexibility index (Phi) is 3.09. The summed E-state index contributed by atoms with van der Waals surface area (Å²) in [4.78, 5) is 2.60. The van der Waals surface area contributed by atoms with Gasteiger partial charge in [-0.05, 0) is 21.5 Å². The van der Waals surface area contributed by atoms with Gasteiger partial charge >= 0.3 is 0 Å². The van der Waals surface area contributed by atoms with Crippen molar-refractivity contribution in [1.29, 1.82) is 0 Å². The zero-order valence-electron chi connectivity index (χ0n) is 5.98. The molecule has 0 radical (unpaired) electrons. The van der Waals surface area contributed by atoms with Gasteiger partial charge in [-0.3, -0.25) is 5.10 Å². The average Bonchev–Trinajstić information content (AvgIpc) is 2.47. The molecule has 2 N–H and O–H groups in total. The van der Waals surface area contributed by atoms with Crippen LogP contribution in [0.1, 0.15) is 11.7 Å². The quantitative estimate of drug-likeness (QED) is 0.469. The van der Waals surface area contributed by atoms with Gasteiger partial charge in [-0.15, -0.1) is 0 Å². The number of nitrogens with zero attached hydrogens (tertiary/aromatic N) is 4. The molecular formula is C5H6BrN5O. The van der Waals surface area contributed by atoms with E-state index in [1.165, 1.54) is 6.20 Å². The minimum Gasteiger partial charge on any atom is -0.396 e. The second-order valence-electron chi connectivity index (χ2n) is 2.03. The monoisotopic (exact) mass is 231 g/mol. The van der Waals surface area contributed by atoms with Gasteiger partial charge in [0.1, 0.15) is 6.04 Å². The summed E-state index contributed by atoms with van der Waals surface area (Å²) in [6.45, 7) is -0.245. The maximum Gasteiger partial charge on any atom is 0.103 e. The molecule has 7 heteroatoms. The van der Waals surface area contributed by atoms with E-state index in [9.17, 15) is 0 Å². The van der Waals surface area contributed by atoms with Crippen molar-refractivity contribution in [2.24, 2.45) is 5.11 Å². The van der Waals surface area contributed by atoms with Crippen molar-refractivity contribution in [2.45, 2.75) is 6.04 Å². The molecule has 0 aliphatic rings. The third kappa shape index (κ3) is 1.76. The highest BCUT2D eigenvalue weighted by molar-refractivity contribution is 9.10. The van der Waals surface area contributed by atoms with Crippen LogP contribution in [0.15, 0.2) is 15.8 Å². The largest absolute Gasteiger partial charge is 0.396 e. The van der Waals surface area contributed by atoms with E-state index in [0.717, 1.165) is 0 Å². The number of hydrogen-bond donors (Lipinski definition) is 2. The van der Waals surface area contributed by atoms with Gasteiger partial charge in [-0.25, -0.2) is 0 Å². The molecule has 0 amide bonds. The van der Waals surface area contributed by atoms with Crippen LogP contribution in [0.25, 0.3) is 10.4 Å². The summed E-state index contributed by atoms with van der Waals surface area (Å²) in [5.74, 6) is 0. The highest BCUT2D eigenvalue weighted by Crippen LogP contribution is 2.22. The van der Waals surface area contributed by atoms with Crippen LogP contribution < -0.4 is 0 Å². The molecule has 0 fully saturated rings. The fraction of sp³-hybridized carbons (Fsp3) is 0.400. The molecule has 1 rings (SSSR count). The van der Waals surface area contributed by atoms with E-state index in [1.54, 1.807) is 0 Å². The highest BCUT2D eigenvalue weighted by Gasteiger charge is 2.13. The molecule has 1 atom stereocenters. The van der Waals surface area contributed by atoms with Crippen molar-refractivity contribution in [2.75, 3.05) is 6.61 Å². The van der Waals surface area contributed by atoms with Crippen LogP contribution in [0.4, 0.5) is 0 Å². The van der Waals surface area contributed by atoms with Crippen LogP contribution in [0, 0.1) is 0 Å². The Balaban J connectivity index is 2.93. The number of H-pyrrole nitrogens is 1. The lowest BCUT2D eigenvalue weighted by molar-refractivity contribution is 0.265. The lowest BCUT2D eigenvalue weighted by Crippen LogP contribution is -2.01. The Bertz CT molecular complexity index is 305. The Morgan fingerprint density at radius 2 is 2.67 bits per heavy atom. The van der Waals surface area contributed by atoms with E-state index in [0.29, 0.717) is 10.2 Å². The third-order valence-electron chi connectivity index (χ3n) is 1.32. The Hall–Kier alpha value is -1.04. The van der Waals surface area contributed by atoms with Gasteiger partial charge in [0.05, 0.1) is 23.0 Å². The van der Waals surface area contributed by atoms with E-state index in [-0.39, 0.29) is 6.61 Å². The summed E-state index contributed by atoms with van der Waals surface area (Å²) >= 11 is 3.19. The van der Waals surface area contributed by atoms with Crippen LogP contribution in [0.5, 0.6) is 0 Å². The fourth-order valence-electron chi connectivity index (χ4n) is 0.763. The van der Waals surface area contributed by atoms with Crippen molar-refractivity contribution in [1.82, 2.24) is 10.2 Å². The number of nitrogens with one attached hydrogen (secondary N) is 1. The average molecular weight is 232 g/mol. The van der Waals surface area contributed by atoms with Crippen LogP contribution in [-0.4, -0.2) is 21.9 Å². The number of halogens is 1. The molecule has 0 saturated heterocycles. The molecule has 0 saturated carbocycles. The van der Waals surface area contributed by atoms with Gasteiger partial charge in [0.25, 0.3) is 0 Å². The molecule has 12 heavy (non-hydrogen) atoms. The fourth-order valence-corrected chi connectivity index (χ4v) is 1.22. The molecule has 0 aromatic carbocycles. The van der Waals surface area contributed by atoms with E-state index < -0.39 is 6.04 Å². The third-order valence-corrected chi connectivity index (χ3v) is 1.95. The molecule has 1 heterocycles. The van der Waals surface area contributed by atoms with Gasteiger partial charge < -0.3 is 5.11 Å². The molecule has 1 aromatic heterocycles. The minimum absolute atomic E-state index is 0.245. The lowest BCUT2D eigenvalue weighted by Gasteiger charge is -2.03. The Labute approximate surface area is 76.4 Å². The summed E-state index contributed by atoms with van der Waals surface area (Å²) in [7, 11) is 0. The van der Waals surface area contributed by atoms with Crippen LogP contribution >= 0.6 is 15.9 Å². The number of aromatic nitrogens is 2. The number of aliphatic hydroxyl groups is 1. The van der Waals surface area contributed by atoms with Crippen molar-refractivity contribution >= 4 is 15.9 Å². The van der Waals surface area contributed by atoms with Crippen molar-refractivity contribution in [3.8, 4) is 0 Å². The molecule has 0 bridgehead atoms. The van der Waals surface area contributed by atoms with Crippen LogP contribution in [0.2, 0.25) is 0 Å². The summed E-state index contributed by atoms with van der Waals surface area (Å²) in [5.41, 5.74) is 8.73. The molecule has 0 spiro atoms. The summed E-state index contributed by atoms with van der Waals surface area (Å²) < 4.78 is 0.689.